The van der Waals surface area contributed by atoms with E-state index >= 15 is 0 Å². The summed E-state index contributed by atoms with van der Waals surface area (Å²) in [6, 6.07) is 5.84. The van der Waals surface area contributed by atoms with E-state index in [1.807, 2.05) is 0 Å². The Balaban J connectivity index is 1.81. The molecule has 0 aliphatic rings. The van der Waals surface area contributed by atoms with Gasteiger partial charge in [-0.15, -0.1) is 0 Å². The highest BCUT2D eigenvalue weighted by Crippen LogP contribution is 2.09. The third-order valence-electron chi connectivity index (χ3n) is 2.79. The van der Waals surface area contributed by atoms with Gasteiger partial charge in [0.15, 0.2) is 6.61 Å². The normalized spacial score (nSPS) is 10.2. The SMILES string of the molecule is O=C(COC(=O)c1ccc(Cl)nc1)NCc1ccc(F)cc1F. The van der Waals surface area contributed by atoms with E-state index in [1.54, 1.807) is 0 Å². The van der Waals surface area contributed by atoms with E-state index in [0.29, 0.717) is 0 Å². The number of carbonyl (C=O) groups is 2. The Bertz CT molecular complexity index is 723. The van der Waals surface area contributed by atoms with Crippen molar-refractivity contribution in [2.75, 3.05) is 6.61 Å². The molecule has 8 heteroatoms. The van der Waals surface area contributed by atoms with Crippen LogP contribution in [0.3, 0.4) is 0 Å². The van der Waals surface area contributed by atoms with Crippen LogP contribution in [0.4, 0.5) is 8.78 Å². The maximum Gasteiger partial charge on any atom is 0.340 e. The Morgan fingerprint density at radius 3 is 2.65 bits per heavy atom. The summed E-state index contributed by atoms with van der Waals surface area (Å²) in [6.45, 7) is -0.685. The molecule has 23 heavy (non-hydrogen) atoms. The maximum absolute atomic E-state index is 13.4. The van der Waals surface area contributed by atoms with E-state index < -0.39 is 30.1 Å². The second-order valence-corrected chi connectivity index (χ2v) is 4.85. The number of nitrogens with one attached hydrogen (secondary N) is 1. The maximum atomic E-state index is 13.4. The van der Waals surface area contributed by atoms with Gasteiger partial charge >= 0.3 is 5.97 Å². The summed E-state index contributed by atoms with van der Waals surface area (Å²) in [6.07, 6.45) is 1.22. The van der Waals surface area contributed by atoms with E-state index in [4.69, 9.17) is 16.3 Å². The third-order valence-corrected chi connectivity index (χ3v) is 3.01. The van der Waals surface area contributed by atoms with E-state index in [2.05, 4.69) is 10.3 Å². The van der Waals surface area contributed by atoms with Crippen LogP contribution in [0, 0.1) is 11.6 Å². The summed E-state index contributed by atoms with van der Waals surface area (Å²) >= 11 is 5.58. The molecule has 0 atom stereocenters. The monoisotopic (exact) mass is 340 g/mol. The summed E-state index contributed by atoms with van der Waals surface area (Å²) in [5, 5.41) is 2.58. The average molecular weight is 341 g/mol. The average Bonchev–Trinajstić information content (AvgIpc) is 2.52. The Kier molecular flexibility index (Phi) is 5.59. The van der Waals surface area contributed by atoms with Crippen LogP contribution in [0.15, 0.2) is 36.5 Å². The van der Waals surface area contributed by atoms with Crippen molar-refractivity contribution < 1.29 is 23.1 Å². The van der Waals surface area contributed by atoms with Gasteiger partial charge in [-0.1, -0.05) is 17.7 Å². The Hall–Kier alpha value is -2.54. The molecule has 0 fully saturated rings. The zero-order valence-corrected chi connectivity index (χ0v) is 12.4. The molecule has 120 valence electrons. The van der Waals surface area contributed by atoms with Crippen LogP contribution in [-0.4, -0.2) is 23.5 Å². The lowest BCUT2D eigenvalue weighted by Gasteiger charge is -2.07. The van der Waals surface area contributed by atoms with Gasteiger partial charge in [0, 0.05) is 24.4 Å². The fourth-order valence-corrected chi connectivity index (χ4v) is 1.73. The number of rotatable bonds is 5. The lowest BCUT2D eigenvalue weighted by Crippen LogP contribution is -2.28. The van der Waals surface area contributed by atoms with Gasteiger partial charge in [0.2, 0.25) is 0 Å². The van der Waals surface area contributed by atoms with Crippen LogP contribution < -0.4 is 5.32 Å². The first-order valence-electron chi connectivity index (χ1n) is 6.45. The van der Waals surface area contributed by atoms with Gasteiger partial charge in [0.25, 0.3) is 5.91 Å². The molecule has 0 aliphatic carbocycles. The van der Waals surface area contributed by atoms with Crippen LogP contribution in [0.5, 0.6) is 0 Å². The third kappa shape index (κ3) is 5.00. The fraction of sp³-hybridized carbons (Fsp3) is 0.133. The molecule has 1 N–H and O–H groups in total. The van der Waals surface area contributed by atoms with Crippen molar-refractivity contribution in [3.05, 3.63) is 64.4 Å². The van der Waals surface area contributed by atoms with Crippen molar-refractivity contribution in [3.63, 3.8) is 0 Å². The minimum atomic E-state index is -0.769. The van der Waals surface area contributed by atoms with Gasteiger partial charge in [0.05, 0.1) is 5.56 Å². The predicted molar refractivity (Wildman–Crippen MR) is 77.7 cm³/mol. The Morgan fingerprint density at radius 1 is 1.22 bits per heavy atom. The van der Waals surface area contributed by atoms with Gasteiger partial charge in [-0.05, 0) is 18.2 Å². The fourth-order valence-electron chi connectivity index (χ4n) is 1.62. The van der Waals surface area contributed by atoms with Gasteiger partial charge in [-0.25, -0.2) is 18.6 Å². The highest BCUT2D eigenvalue weighted by atomic mass is 35.5. The molecule has 1 heterocycles. The zero-order chi connectivity index (χ0) is 16.8. The first kappa shape index (κ1) is 16.8. The van der Waals surface area contributed by atoms with Crippen LogP contribution in [-0.2, 0) is 16.1 Å². The molecule has 0 saturated carbocycles. The standard InChI is InChI=1S/C15H11ClF2N2O3/c16-13-4-2-10(7-19-13)15(22)23-8-14(21)20-6-9-1-3-11(17)5-12(9)18/h1-5,7H,6,8H2,(H,20,21). The molecule has 2 aromatic rings. The second-order valence-electron chi connectivity index (χ2n) is 4.46. The highest BCUT2D eigenvalue weighted by molar-refractivity contribution is 6.29. The molecular weight excluding hydrogens is 330 g/mol. The molecule has 5 nitrogen and oxygen atoms in total. The predicted octanol–water partition coefficient (Wildman–Crippen LogP) is 2.49. The minimum absolute atomic E-state index is 0.118. The molecule has 0 saturated heterocycles. The number of amides is 1. The number of esters is 1. The van der Waals surface area contributed by atoms with E-state index in [-0.39, 0.29) is 22.8 Å². The van der Waals surface area contributed by atoms with E-state index in [0.717, 1.165) is 12.1 Å². The largest absolute Gasteiger partial charge is 0.452 e. The number of pyridine rings is 1. The summed E-state index contributed by atoms with van der Waals surface area (Å²) in [4.78, 5) is 26.9. The molecule has 1 aromatic carbocycles. The molecular formula is C15H11ClF2N2O3. The van der Waals surface area contributed by atoms with E-state index in [1.165, 1.54) is 24.4 Å². The van der Waals surface area contributed by atoms with Crippen molar-refractivity contribution in [2.24, 2.45) is 0 Å². The zero-order valence-electron chi connectivity index (χ0n) is 11.7. The number of hydrogen-bond acceptors (Lipinski definition) is 4. The van der Waals surface area contributed by atoms with Crippen LogP contribution in [0.2, 0.25) is 5.15 Å². The highest BCUT2D eigenvalue weighted by Gasteiger charge is 2.11. The number of benzene rings is 1. The van der Waals surface area contributed by atoms with Gasteiger partial charge < -0.3 is 10.1 Å². The molecule has 0 spiro atoms. The lowest BCUT2D eigenvalue weighted by atomic mass is 10.2. The number of aromatic nitrogens is 1. The van der Waals surface area contributed by atoms with Crippen LogP contribution in [0.1, 0.15) is 15.9 Å². The van der Waals surface area contributed by atoms with Crippen LogP contribution >= 0.6 is 11.6 Å². The molecule has 0 unspecified atom stereocenters. The first-order valence-corrected chi connectivity index (χ1v) is 6.83. The Morgan fingerprint density at radius 2 is 2.00 bits per heavy atom. The number of nitrogens with zero attached hydrogens (tertiary/aromatic N) is 1. The molecule has 0 bridgehead atoms. The van der Waals surface area contributed by atoms with E-state index in [9.17, 15) is 18.4 Å². The van der Waals surface area contributed by atoms with Gasteiger partial charge in [0.1, 0.15) is 16.8 Å². The summed E-state index contributed by atoms with van der Waals surface area (Å²) in [5.41, 5.74) is 0.264. The number of halogens is 3. The van der Waals surface area contributed by atoms with Crippen molar-refractivity contribution in [1.82, 2.24) is 10.3 Å². The van der Waals surface area contributed by atoms with Crippen LogP contribution in [0.25, 0.3) is 0 Å². The lowest BCUT2D eigenvalue weighted by molar-refractivity contribution is -0.124. The number of carbonyl (C=O) groups excluding carboxylic acids is 2. The van der Waals surface area contributed by atoms with Gasteiger partial charge in [-0.3, -0.25) is 4.79 Å². The Labute approximate surface area is 135 Å². The second kappa shape index (κ2) is 7.64. The molecule has 2 rings (SSSR count). The van der Waals surface area contributed by atoms with Crippen molar-refractivity contribution >= 4 is 23.5 Å². The summed E-state index contributed by atoms with van der Waals surface area (Å²) < 4.78 is 30.9. The number of hydrogen-bond donors (Lipinski definition) is 1. The first-order chi connectivity index (χ1) is 11.0. The minimum Gasteiger partial charge on any atom is -0.452 e. The topological polar surface area (TPSA) is 68.3 Å². The summed E-state index contributed by atoms with van der Waals surface area (Å²) in [5.74, 6) is -2.83. The quantitative estimate of drug-likeness (QED) is 0.670. The van der Waals surface area contributed by atoms with Crippen molar-refractivity contribution in [1.29, 1.82) is 0 Å². The molecule has 1 aromatic heterocycles. The number of ether oxygens (including phenoxy) is 1. The van der Waals surface area contributed by atoms with Crippen molar-refractivity contribution in [3.8, 4) is 0 Å². The molecule has 0 aliphatic heterocycles. The molecule has 1 amide bonds. The molecule has 0 radical (unpaired) electrons. The van der Waals surface area contributed by atoms with Gasteiger partial charge in [-0.2, -0.15) is 0 Å². The van der Waals surface area contributed by atoms with Crippen molar-refractivity contribution in [2.45, 2.75) is 6.54 Å². The smallest absolute Gasteiger partial charge is 0.340 e. The summed E-state index contributed by atoms with van der Waals surface area (Å²) in [7, 11) is 0.